The van der Waals surface area contributed by atoms with Gasteiger partial charge in [-0.2, -0.15) is 0 Å². The van der Waals surface area contributed by atoms with Crippen LogP contribution in [0.15, 0.2) is 48.5 Å². The minimum absolute atomic E-state index is 0.164. The molecule has 0 saturated heterocycles. The van der Waals surface area contributed by atoms with Crippen molar-refractivity contribution in [1.82, 2.24) is 0 Å². The van der Waals surface area contributed by atoms with Gasteiger partial charge >= 0.3 is 0 Å². The van der Waals surface area contributed by atoms with E-state index in [4.69, 9.17) is 16.3 Å². The molecule has 0 aliphatic carbocycles. The first-order chi connectivity index (χ1) is 9.42. The molecule has 2 nitrogen and oxygen atoms in total. The Hall–Kier alpha value is -1.67. The van der Waals surface area contributed by atoms with Crippen LogP contribution in [0.2, 0.25) is 5.02 Å². The molecular weight excluding hydrogens is 270 g/mol. The van der Waals surface area contributed by atoms with E-state index in [0.29, 0.717) is 0 Å². The minimum Gasteiger partial charge on any atom is -0.488 e. The molecule has 0 heterocycles. The van der Waals surface area contributed by atoms with Crippen molar-refractivity contribution in [3.05, 3.63) is 59.1 Å². The SMILES string of the molecule is CC(C)(C)Oc1ccc(CNc2ccc(Cl)cc2)cc1. The lowest BCUT2D eigenvalue weighted by molar-refractivity contribution is 0.131. The van der Waals surface area contributed by atoms with Crippen LogP contribution in [0.25, 0.3) is 0 Å². The van der Waals surface area contributed by atoms with E-state index in [-0.39, 0.29) is 5.60 Å². The van der Waals surface area contributed by atoms with Crippen molar-refractivity contribution < 1.29 is 4.74 Å². The van der Waals surface area contributed by atoms with Crippen LogP contribution in [-0.4, -0.2) is 5.60 Å². The number of anilines is 1. The highest BCUT2D eigenvalue weighted by Gasteiger charge is 2.11. The Labute approximate surface area is 125 Å². The Bertz CT molecular complexity index is 541. The summed E-state index contributed by atoms with van der Waals surface area (Å²) in [5.74, 6) is 0.896. The van der Waals surface area contributed by atoms with Crippen molar-refractivity contribution in [2.75, 3.05) is 5.32 Å². The van der Waals surface area contributed by atoms with E-state index in [2.05, 4.69) is 17.4 Å². The molecule has 0 fully saturated rings. The largest absolute Gasteiger partial charge is 0.488 e. The minimum atomic E-state index is -0.164. The van der Waals surface area contributed by atoms with Crippen molar-refractivity contribution in [3.63, 3.8) is 0 Å². The van der Waals surface area contributed by atoms with Crippen LogP contribution in [0, 0.1) is 0 Å². The average molecular weight is 290 g/mol. The second kappa shape index (κ2) is 6.19. The van der Waals surface area contributed by atoms with Gasteiger partial charge in [-0.1, -0.05) is 23.7 Å². The highest BCUT2D eigenvalue weighted by molar-refractivity contribution is 6.30. The normalized spacial score (nSPS) is 11.2. The number of nitrogens with one attached hydrogen (secondary N) is 1. The Morgan fingerprint density at radius 2 is 1.55 bits per heavy atom. The Morgan fingerprint density at radius 1 is 0.950 bits per heavy atom. The molecule has 20 heavy (non-hydrogen) atoms. The Morgan fingerprint density at radius 3 is 2.10 bits per heavy atom. The zero-order valence-corrected chi connectivity index (χ0v) is 12.9. The molecule has 0 amide bonds. The van der Waals surface area contributed by atoms with Crippen molar-refractivity contribution in [1.29, 1.82) is 0 Å². The molecular formula is C17H20ClNO. The number of benzene rings is 2. The molecule has 2 aromatic rings. The van der Waals surface area contributed by atoms with Crippen molar-refractivity contribution in [2.45, 2.75) is 32.9 Å². The fourth-order valence-corrected chi connectivity index (χ4v) is 1.93. The predicted octanol–water partition coefficient (Wildman–Crippen LogP) is 5.13. The van der Waals surface area contributed by atoms with Gasteiger partial charge in [-0.05, 0) is 62.7 Å². The van der Waals surface area contributed by atoms with E-state index in [9.17, 15) is 0 Å². The monoisotopic (exact) mass is 289 g/mol. The van der Waals surface area contributed by atoms with Crippen LogP contribution in [0.1, 0.15) is 26.3 Å². The van der Waals surface area contributed by atoms with Crippen molar-refractivity contribution >= 4 is 17.3 Å². The third-order valence-corrected chi connectivity index (χ3v) is 2.94. The molecule has 0 aliphatic heterocycles. The van der Waals surface area contributed by atoms with Gasteiger partial charge in [0.25, 0.3) is 0 Å². The summed E-state index contributed by atoms with van der Waals surface area (Å²) in [5.41, 5.74) is 2.11. The maximum absolute atomic E-state index is 5.86. The first kappa shape index (κ1) is 14.7. The van der Waals surface area contributed by atoms with Gasteiger partial charge in [0.2, 0.25) is 0 Å². The molecule has 3 heteroatoms. The Balaban J connectivity index is 1.92. The fraction of sp³-hybridized carbons (Fsp3) is 0.294. The summed E-state index contributed by atoms with van der Waals surface area (Å²) in [6.07, 6.45) is 0. The van der Waals surface area contributed by atoms with Crippen LogP contribution in [-0.2, 0) is 6.54 Å². The molecule has 2 rings (SSSR count). The molecule has 0 radical (unpaired) electrons. The molecule has 0 aromatic heterocycles. The lowest BCUT2D eigenvalue weighted by Crippen LogP contribution is -2.22. The third kappa shape index (κ3) is 4.78. The van der Waals surface area contributed by atoms with Crippen LogP contribution in [0.4, 0.5) is 5.69 Å². The predicted molar refractivity (Wildman–Crippen MR) is 85.6 cm³/mol. The maximum atomic E-state index is 5.86. The van der Waals surface area contributed by atoms with E-state index in [1.807, 2.05) is 57.2 Å². The summed E-state index contributed by atoms with van der Waals surface area (Å²) < 4.78 is 5.80. The molecule has 0 unspecified atom stereocenters. The molecule has 0 saturated carbocycles. The third-order valence-electron chi connectivity index (χ3n) is 2.69. The summed E-state index contributed by atoms with van der Waals surface area (Å²) in [7, 11) is 0. The summed E-state index contributed by atoms with van der Waals surface area (Å²) in [4.78, 5) is 0. The van der Waals surface area contributed by atoms with Crippen molar-refractivity contribution in [2.24, 2.45) is 0 Å². The van der Waals surface area contributed by atoms with E-state index >= 15 is 0 Å². The summed E-state index contributed by atoms with van der Waals surface area (Å²) in [5, 5.41) is 4.11. The van der Waals surface area contributed by atoms with Gasteiger partial charge in [-0.15, -0.1) is 0 Å². The first-order valence-corrected chi connectivity index (χ1v) is 7.08. The Kier molecular flexibility index (Phi) is 4.56. The van der Waals surface area contributed by atoms with Gasteiger partial charge in [-0.25, -0.2) is 0 Å². The summed E-state index contributed by atoms with van der Waals surface area (Å²) in [6, 6.07) is 15.9. The second-order valence-corrected chi connectivity index (χ2v) is 6.16. The van der Waals surface area contributed by atoms with Gasteiger partial charge in [0, 0.05) is 17.3 Å². The van der Waals surface area contributed by atoms with Crippen LogP contribution in [0.5, 0.6) is 5.75 Å². The molecule has 0 spiro atoms. The quantitative estimate of drug-likeness (QED) is 0.842. The average Bonchev–Trinajstić information content (AvgIpc) is 2.38. The number of ether oxygens (including phenoxy) is 1. The molecule has 0 bridgehead atoms. The lowest BCUT2D eigenvalue weighted by Gasteiger charge is -2.21. The standard InChI is InChI=1S/C17H20ClNO/c1-17(2,3)20-16-10-4-13(5-11-16)12-19-15-8-6-14(18)7-9-15/h4-11,19H,12H2,1-3H3. The molecule has 0 aliphatic rings. The van der Waals surface area contributed by atoms with Gasteiger partial charge in [0.05, 0.1) is 0 Å². The second-order valence-electron chi connectivity index (χ2n) is 5.72. The maximum Gasteiger partial charge on any atom is 0.120 e. The summed E-state index contributed by atoms with van der Waals surface area (Å²) in [6.45, 7) is 6.91. The van der Waals surface area contributed by atoms with E-state index < -0.39 is 0 Å². The fourth-order valence-electron chi connectivity index (χ4n) is 1.80. The van der Waals surface area contributed by atoms with E-state index in [1.165, 1.54) is 5.56 Å². The zero-order chi connectivity index (χ0) is 14.6. The van der Waals surface area contributed by atoms with Gasteiger partial charge in [0.1, 0.15) is 11.4 Å². The zero-order valence-electron chi connectivity index (χ0n) is 12.1. The van der Waals surface area contributed by atoms with Gasteiger partial charge < -0.3 is 10.1 Å². The number of halogens is 1. The number of rotatable bonds is 4. The van der Waals surface area contributed by atoms with Gasteiger partial charge in [0.15, 0.2) is 0 Å². The lowest BCUT2D eigenvalue weighted by atomic mass is 10.1. The highest BCUT2D eigenvalue weighted by Crippen LogP contribution is 2.19. The van der Waals surface area contributed by atoms with Gasteiger partial charge in [-0.3, -0.25) is 0 Å². The molecule has 0 atom stereocenters. The molecule has 2 aromatic carbocycles. The van der Waals surface area contributed by atoms with Crippen LogP contribution < -0.4 is 10.1 Å². The first-order valence-electron chi connectivity index (χ1n) is 6.70. The summed E-state index contributed by atoms with van der Waals surface area (Å²) >= 11 is 5.86. The number of hydrogen-bond donors (Lipinski definition) is 1. The molecule has 106 valence electrons. The van der Waals surface area contributed by atoms with Crippen LogP contribution >= 0.6 is 11.6 Å². The molecule has 1 N–H and O–H groups in total. The van der Waals surface area contributed by atoms with Crippen molar-refractivity contribution in [3.8, 4) is 5.75 Å². The van der Waals surface area contributed by atoms with E-state index in [0.717, 1.165) is 23.0 Å². The van der Waals surface area contributed by atoms with Crippen LogP contribution in [0.3, 0.4) is 0 Å². The smallest absolute Gasteiger partial charge is 0.120 e. The topological polar surface area (TPSA) is 21.3 Å². The van der Waals surface area contributed by atoms with E-state index in [1.54, 1.807) is 0 Å². The highest BCUT2D eigenvalue weighted by atomic mass is 35.5. The number of hydrogen-bond acceptors (Lipinski definition) is 2.